The van der Waals surface area contributed by atoms with Crippen LogP contribution in [0.3, 0.4) is 0 Å². The molecule has 3 heterocycles. The SMILES string of the molecule is CN1CCO[C@@H]2CN(C(=O)NCc3ccccc3CS(=O)(=O)N3CCOCC3)C[C@@H]21. The third-order valence-electron chi connectivity index (χ3n) is 6.12. The molecule has 0 bridgehead atoms. The van der Waals surface area contributed by atoms with E-state index in [2.05, 4.69) is 17.3 Å². The third kappa shape index (κ3) is 4.78. The highest BCUT2D eigenvalue weighted by Crippen LogP contribution is 2.22. The van der Waals surface area contributed by atoms with Crippen molar-refractivity contribution in [3.8, 4) is 0 Å². The van der Waals surface area contributed by atoms with Gasteiger partial charge in [0, 0.05) is 32.7 Å². The number of likely N-dealkylation sites (N-methyl/N-ethyl adjacent to an activating group) is 1. The molecule has 4 rings (SSSR count). The van der Waals surface area contributed by atoms with E-state index in [9.17, 15) is 13.2 Å². The van der Waals surface area contributed by atoms with Crippen LogP contribution in [0.4, 0.5) is 4.79 Å². The number of rotatable bonds is 5. The van der Waals surface area contributed by atoms with Crippen LogP contribution < -0.4 is 5.32 Å². The van der Waals surface area contributed by atoms with Gasteiger partial charge in [0.2, 0.25) is 10.0 Å². The van der Waals surface area contributed by atoms with E-state index in [-0.39, 0.29) is 30.5 Å². The van der Waals surface area contributed by atoms with Crippen molar-refractivity contribution in [1.82, 2.24) is 19.4 Å². The number of carbonyl (C=O) groups is 1. The largest absolute Gasteiger partial charge is 0.379 e. The monoisotopic (exact) mass is 438 g/mol. The molecule has 2 atom stereocenters. The number of nitrogens with zero attached hydrogens (tertiary/aromatic N) is 3. The quantitative estimate of drug-likeness (QED) is 0.700. The van der Waals surface area contributed by atoms with Crippen LogP contribution in [0, 0.1) is 0 Å². The number of ether oxygens (including phenoxy) is 2. The van der Waals surface area contributed by atoms with E-state index < -0.39 is 10.0 Å². The van der Waals surface area contributed by atoms with E-state index in [1.165, 1.54) is 4.31 Å². The molecule has 166 valence electrons. The Hall–Kier alpha value is -1.72. The Morgan fingerprint density at radius 2 is 1.83 bits per heavy atom. The van der Waals surface area contributed by atoms with Gasteiger partial charge in [0.25, 0.3) is 0 Å². The molecule has 3 aliphatic rings. The lowest BCUT2D eigenvalue weighted by molar-refractivity contribution is -0.0367. The topological polar surface area (TPSA) is 91.4 Å². The number of hydrogen-bond acceptors (Lipinski definition) is 6. The Morgan fingerprint density at radius 3 is 2.57 bits per heavy atom. The smallest absolute Gasteiger partial charge is 0.317 e. The number of hydrogen-bond donors (Lipinski definition) is 1. The summed E-state index contributed by atoms with van der Waals surface area (Å²) in [6, 6.07) is 7.45. The minimum absolute atomic E-state index is 0.0560. The number of nitrogens with one attached hydrogen (secondary N) is 1. The van der Waals surface area contributed by atoms with Crippen molar-refractivity contribution < 1.29 is 22.7 Å². The highest BCUT2D eigenvalue weighted by atomic mass is 32.2. The van der Waals surface area contributed by atoms with Gasteiger partial charge in [-0.15, -0.1) is 0 Å². The molecule has 3 aliphatic heterocycles. The number of amides is 2. The first kappa shape index (κ1) is 21.5. The molecular formula is C20H30N4O5S. The summed E-state index contributed by atoms with van der Waals surface area (Å²) in [5.41, 5.74) is 1.52. The third-order valence-corrected chi connectivity index (χ3v) is 7.94. The highest BCUT2D eigenvalue weighted by molar-refractivity contribution is 7.88. The summed E-state index contributed by atoms with van der Waals surface area (Å²) in [6.45, 7) is 4.69. The molecule has 0 aromatic heterocycles. The molecule has 0 spiro atoms. The standard InChI is InChI=1S/C20H30N4O5S/c1-22-6-11-29-19-14-23(13-18(19)22)20(25)21-12-16-4-2-3-5-17(16)15-30(26,27)24-7-9-28-10-8-24/h2-5,18-19H,6-15H2,1H3,(H,21,25)/t18-,19+/m0/s1. The molecule has 0 unspecified atom stereocenters. The van der Waals surface area contributed by atoms with Crippen LogP contribution in [0.25, 0.3) is 0 Å². The molecule has 1 aromatic carbocycles. The van der Waals surface area contributed by atoms with Gasteiger partial charge in [-0.05, 0) is 18.2 Å². The fourth-order valence-electron chi connectivity index (χ4n) is 4.29. The van der Waals surface area contributed by atoms with Gasteiger partial charge < -0.3 is 19.7 Å². The molecule has 1 N–H and O–H groups in total. The first-order chi connectivity index (χ1) is 14.4. The zero-order valence-electron chi connectivity index (χ0n) is 17.3. The van der Waals surface area contributed by atoms with E-state index in [4.69, 9.17) is 9.47 Å². The van der Waals surface area contributed by atoms with E-state index in [1.54, 1.807) is 4.90 Å². The van der Waals surface area contributed by atoms with Crippen molar-refractivity contribution in [2.24, 2.45) is 0 Å². The molecule has 0 saturated carbocycles. The number of morpholine rings is 2. The average molecular weight is 439 g/mol. The zero-order valence-corrected chi connectivity index (χ0v) is 18.1. The van der Waals surface area contributed by atoms with Crippen molar-refractivity contribution >= 4 is 16.1 Å². The van der Waals surface area contributed by atoms with Crippen LogP contribution in [0.2, 0.25) is 0 Å². The Balaban J connectivity index is 1.37. The van der Waals surface area contributed by atoms with Gasteiger partial charge in [-0.2, -0.15) is 4.31 Å². The second kappa shape index (κ2) is 9.19. The van der Waals surface area contributed by atoms with Gasteiger partial charge in [-0.3, -0.25) is 4.90 Å². The molecule has 2 amide bonds. The summed E-state index contributed by atoms with van der Waals surface area (Å²) in [5.74, 6) is -0.0778. The number of benzene rings is 1. The van der Waals surface area contributed by atoms with Gasteiger partial charge in [0.15, 0.2) is 0 Å². The lowest BCUT2D eigenvalue weighted by atomic mass is 10.1. The normalized spacial score (nSPS) is 25.8. The summed E-state index contributed by atoms with van der Waals surface area (Å²) < 4.78 is 38.1. The summed E-state index contributed by atoms with van der Waals surface area (Å²) in [7, 11) is -1.36. The average Bonchev–Trinajstić information content (AvgIpc) is 3.19. The molecule has 30 heavy (non-hydrogen) atoms. The van der Waals surface area contributed by atoms with E-state index >= 15 is 0 Å². The molecule has 1 aromatic rings. The maximum absolute atomic E-state index is 12.8. The van der Waals surface area contributed by atoms with Crippen LogP contribution in [0.1, 0.15) is 11.1 Å². The Labute approximate surface area is 178 Å². The lowest BCUT2D eigenvalue weighted by Crippen LogP contribution is -2.48. The maximum atomic E-state index is 12.8. The van der Waals surface area contributed by atoms with E-state index in [1.807, 2.05) is 24.3 Å². The van der Waals surface area contributed by atoms with Crippen molar-refractivity contribution in [3.63, 3.8) is 0 Å². The maximum Gasteiger partial charge on any atom is 0.317 e. The second-order valence-corrected chi connectivity index (χ2v) is 10.0. The second-order valence-electron chi connectivity index (χ2n) is 8.06. The number of urea groups is 1. The van der Waals surface area contributed by atoms with Gasteiger partial charge >= 0.3 is 6.03 Å². The van der Waals surface area contributed by atoms with Crippen molar-refractivity contribution in [1.29, 1.82) is 0 Å². The lowest BCUT2D eigenvalue weighted by Gasteiger charge is -2.33. The van der Waals surface area contributed by atoms with Crippen LogP contribution in [-0.2, 0) is 31.8 Å². The minimum atomic E-state index is -3.43. The molecule has 0 radical (unpaired) electrons. The highest BCUT2D eigenvalue weighted by Gasteiger charge is 2.40. The minimum Gasteiger partial charge on any atom is -0.379 e. The summed E-state index contributed by atoms with van der Waals surface area (Å²) in [6.07, 6.45) is 0.0560. The molecule has 3 saturated heterocycles. The van der Waals surface area contributed by atoms with Gasteiger partial charge in [-0.25, -0.2) is 13.2 Å². The molecule has 9 nitrogen and oxygen atoms in total. The van der Waals surface area contributed by atoms with E-state index in [0.717, 1.165) is 12.1 Å². The van der Waals surface area contributed by atoms with Crippen molar-refractivity contribution in [2.45, 2.75) is 24.4 Å². The zero-order chi connectivity index (χ0) is 21.1. The Morgan fingerprint density at radius 1 is 1.10 bits per heavy atom. The van der Waals surface area contributed by atoms with Gasteiger partial charge in [0.1, 0.15) is 0 Å². The number of likely N-dealkylation sites (tertiary alicyclic amines) is 1. The Kier molecular flexibility index (Phi) is 6.59. The van der Waals surface area contributed by atoms with Gasteiger partial charge in [-0.1, -0.05) is 24.3 Å². The van der Waals surface area contributed by atoms with Gasteiger partial charge in [0.05, 0.1) is 44.3 Å². The Bertz CT molecular complexity index is 859. The predicted molar refractivity (Wildman–Crippen MR) is 111 cm³/mol. The predicted octanol–water partition coefficient (Wildman–Crippen LogP) is 0.0730. The molecule has 3 fully saturated rings. The van der Waals surface area contributed by atoms with Crippen LogP contribution in [-0.4, -0.2) is 100 Å². The summed E-state index contributed by atoms with van der Waals surface area (Å²) >= 11 is 0. The van der Waals surface area contributed by atoms with Crippen LogP contribution >= 0.6 is 0 Å². The first-order valence-corrected chi connectivity index (χ1v) is 12.0. The summed E-state index contributed by atoms with van der Waals surface area (Å²) in [5, 5.41) is 2.96. The van der Waals surface area contributed by atoms with Crippen molar-refractivity contribution in [2.75, 3.05) is 59.6 Å². The number of carbonyl (C=O) groups excluding carboxylic acids is 1. The van der Waals surface area contributed by atoms with Crippen LogP contribution in [0.5, 0.6) is 0 Å². The molecule has 0 aliphatic carbocycles. The van der Waals surface area contributed by atoms with Crippen molar-refractivity contribution in [3.05, 3.63) is 35.4 Å². The fraction of sp³-hybridized carbons (Fsp3) is 0.650. The first-order valence-electron chi connectivity index (χ1n) is 10.4. The van der Waals surface area contributed by atoms with E-state index in [0.29, 0.717) is 51.6 Å². The van der Waals surface area contributed by atoms with Crippen LogP contribution in [0.15, 0.2) is 24.3 Å². The number of sulfonamides is 1. The summed E-state index contributed by atoms with van der Waals surface area (Å²) in [4.78, 5) is 16.7. The fourth-order valence-corrected chi connectivity index (χ4v) is 5.85. The molecule has 10 heteroatoms. The molecular weight excluding hydrogens is 408 g/mol. The number of fused-ring (bicyclic) bond motifs is 1.